The molecule has 0 aliphatic rings. The average molecular weight is 210 g/mol. The summed E-state index contributed by atoms with van der Waals surface area (Å²) in [6.45, 7) is 3.56. The van der Waals surface area contributed by atoms with E-state index in [0.29, 0.717) is 10.6 Å². The molecule has 0 amide bonds. The first kappa shape index (κ1) is 10.9. The van der Waals surface area contributed by atoms with E-state index < -0.39 is 0 Å². The SMILES string of the molecule is C/C=N/C(C)C(=O)c1cccc(Cl)c1. The monoisotopic (exact) mass is 209 g/mol. The zero-order valence-corrected chi connectivity index (χ0v) is 8.95. The lowest BCUT2D eigenvalue weighted by molar-refractivity contribution is 0.0969. The van der Waals surface area contributed by atoms with Crippen molar-refractivity contribution in [3.8, 4) is 0 Å². The fraction of sp³-hybridized carbons (Fsp3) is 0.273. The second kappa shape index (κ2) is 4.91. The van der Waals surface area contributed by atoms with Crippen LogP contribution in [-0.4, -0.2) is 18.0 Å². The van der Waals surface area contributed by atoms with Gasteiger partial charge in [0.2, 0.25) is 0 Å². The summed E-state index contributed by atoms with van der Waals surface area (Å²) in [4.78, 5) is 15.7. The minimum Gasteiger partial charge on any atom is -0.292 e. The predicted octanol–water partition coefficient (Wildman–Crippen LogP) is 3.00. The first-order chi connectivity index (χ1) is 6.65. The van der Waals surface area contributed by atoms with E-state index in [1.165, 1.54) is 0 Å². The van der Waals surface area contributed by atoms with E-state index in [4.69, 9.17) is 11.6 Å². The van der Waals surface area contributed by atoms with E-state index in [1.54, 1.807) is 44.3 Å². The lowest BCUT2D eigenvalue weighted by Crippen LogP contribution is -2.14. The Balaban J connectivity index is 2.89. The number of aliphatic imine (C=N–C) groups is 1. The van der Waals surface area contributed by atoms with Gasteiger partial charge in [0.15, 0.2) is 5.78 Å². The van der Waals surface area contributed by atoms with Crippen molar-refractivity contribution in [3.05, 3.63) is 34.9 Å². The van der Waals surface area contributed by atoms with Crippen LogP contribution in [0.25, 0.3) is 0 Å². The van der Waals surface area contributed by atoms with Crippen molar-refractivity contribution in [1.82, 2.24) is 0 Å². The van der Waals surface area contributed by atoms with E-state index in [1.807, 2.05) is 0 Å². The average Bonchev–Trinajstić information content (AvgIpc) is 2.17. The number of nitrogens with zero attached hydrogens (tertiary/aromatic N) is 1. The van der Waals surface area contributed by atoms with E-state index >= 15 is 0 Å². The van der Waals surface area contributed by atoms with Crippen LogP contribution in [0.4, 0.5) is 0 Å². The number of hydrogen-bond acceptors (Lipinski definition) is 2. The molecule has 0 aliphatic carbocycles. The summed E-state index contributed by atoms with van der Waals surface area (Å²) in [5.41, 5.74) is 0.607. The highest BCUT2D eigenvalue weighted by Gasteiger charge is 2.12. The molecule has 1 atom stereocenters. The first-order valence-electron chi connectivity index (χ1n) is 4.42. The molecule has 74 valence electrons. The van der Waals surface area contributed by atoms with Crippen LogP contribution in [0.2, 0.25) is 5.02 Å². The number of benzene rings is 1. The van der Waals surface area contributed by atoms with Crippen LogP contribution in [0.3, 0.4) is 0 Å². The molecule has 2 nitrogen and oxygen atoms in total. The summed E-state index contributed by atoms with van der Waals surface area (Å²) in [6.07, 6.45) is 1.63. The number of ketones is 1. The second-order valence-electron chi connectivity index (χ2n) is 2.96. The molecule has 0 aliphatic heterocycles. The maximum atomic E-state index is 11.7. The molecule has 0 radical (unpaired) electrons. The predicted molar refractivity (Wildman–Crippen MR) is 59.4 cm³/mol. The smallest absolute Gasteiger partial charge is 0.187 e. The Hall–Kier alpha value is -1.15. The zero-order valence-electron chi connectivity index (χ0n) is 8.20. The molecule has 0 heterocycles. The molecule has 14 heavy (non-hydrogen) atoms. The summed E-state index contributed by atoms with van der Waals surface area (Å²) in [6, 6.07) is 6.57. The molecular formula is C11H12ClNO. The number of rotatable bonds is 3. The fourth-order valence-electron chi connectivity index (χ4n) is 1.17. The van der Waals surface area contributed by atoms with Gasteiger partial charge < -0.3 is 0 Å². The Bertz CT molecular complexity index is 360. The molecule has 0 spiro atoms. The van der Waals surface area contributed by atoms with Gasteiger partial charge in [-0.15, -0.1) is 0 Å². The lowest BCUT2D eigenvalue weighted by atomic mass is 10.1. The Morgan fingerprint density at radius 1 is 1.57 bits per heavy atom. The molecule has 1 unspecified atom stereocenters. The highest BCUT2D eigenvalue weighted by Crippen LogP contribution is 2.13. The van der Waals surface area contributed by atoms with Gasteiger partial charge in [0.25, 0.3) is 0 Å². The van der Waals surface area contributed by atoms with Gasteiger partial charge >= 0.3 is 0 Å². The van der Waals surface area contributed by atoms with Gasteiger partial charge in [0, 0.05) is 10.6 Å². The van der Waals surface area contributed by atoms with Crippen LogP contribution in [0.1, 0.15) is 24.2 Å². The largest absolute Gasteiger partial charge is 0.292 e. The van der Waals surface area contributed by atoms with E-state index in [2.05, 4.69) is 4.99 Å². The van der Waals surface area contributed by atoms with Gasteiger partial charge in [0.1, 0.15) is 6.04 Å². The highest BCUT2D eigenvalue weighted by molar-refractivity contribution is 6.31. The highest BCUT2D eigenvalue weighted by atomic mass is 35.5. The van der Waals surface area contributed by atoms with Crippen LogP contribution in [-0.2, 0) is 0 Å². The van der Waals surface area contributed by atoms with Crippen LogP contribution in [0.15, 0.2) is 29.3 Å². The number of halogens is 1. The Kier molecular flexibility index (Phi) is 3.84. The van der Waals surface area contributed by atoms with E-state index in [0.717, 1.165) is 0 Å². The van der Waals surface area contributed by atoms with Crippen molar-refractivity contribution in [2.24, 2.45) is 4.99 Å². The third kappa shape index (κ3) is 2.67. The van der Waals surface area contributed by atoms with Gasteiger partial charge in [-0.2, -0.15) is 0 Å². The van der Waals surface area contributed by atoms with E-state index in [9.17, 15) is 4.79 Å². The number of carbonyl (C=O) groups is 1. The zero-order chi connectivity index (χ0) is 10.6. The van der Waals surface area contributed by atoms with Crippen molar-refractivity contribution < 1.29 is 4.79 Å². The van der Waals surface area contributed by atoms with Crippen LogP contribution < -0.4 is 0 Å². The number of Topliss-reactive ketones (excluding diaryl/α,β-unsaturated/α-hetero) is 1. The molecule has 1 rings (SSSR count). The van der Waals surface area contributed by atoms with Crippen LogP contribution in [0.5, 0.6) is 0 Å². The molecule has 0 bridgehead atoms. The van der Waals surface area contributed by atoms with Gasteiger partial charge in [-0.1, -0.05) is 23.7 Å². The second-order valence-corrected chi connectivity index (χ2v) is 3.39. The molecule has 0 saturated heterocycles. The summed E-state index contributed by atoms with van der Waals surface area (Å²) in [7, 11) is 0. The van der Waals surface area contributed by atoms with Crippen molar-refractivity contribution in [2.45, 2.75) is 19.9 Å². The minimum atomic E-state index is -0.335. The van der Waals surface area contributed by atoms with E-state index in [-0.39, 0.29) is 11.8 Å². The third-order valence-corrected chi connectivity index (χ3v) is 2.10. The van der Waals surface area contributed by atoms with Gasteiger partial charge in [-0.25, -0.2) is 0 Å². The van der Waals surface area contributed by atoms with Crippen molar-refractivity contribution >= 4 is 23.6 Å². The molecule has 0 aromatic heterocycles. The van der Waals surface area contributed by atoms with Gasteiger partial charge in [-0.05, 0) is 32.2 Å². The molecular weight excluding hydrogens is 198 g/mol. The van der Waals surface area contributed by atoms with Crippen molar-refractivity contribution in [1.29, 1.82) is 0 Å². The maximum absolute atomic E-state index is 11.7. The normalized spacial score (nSPS) is 13.1. The van der Waals surface area contributed by atoms with Crippen molar-refractivity contribution in [2.75, 3.05) is 0 Å². The topological polar surface area (TPSA) is 29.4 Å². The molecule has 3 heteroatoms. The molecule has 1 aromatic carbocycles. The number of hydrogen-bond donors (Lipinski definition) is 0. The van der Waals surface area contributed by atoms with Crippen molar-refractivity contribution in [3.63, 3.8) is 0 Å². The lowest BCUT2D eigenvalue weighted by Gasteiger charge is -2.04. The Morgan fingerprint density at radius 3 is 2.86 bits per heavy atom. The molecule has 0 fully saturated rings. The molecule has 0 N–H and O–H groups in total. The summed E-state index contributed by atoms with van der Waals surface area (Å²) in [5, 5.41) is 0.573. The van der Waals surface area contributed by atoms with Crippen LogP contribution in [0, 0.1) is 0 Å². The summed E-state index contributed by atoms with van der Waals surface area (Å²) in [5.74, 6) is -0.00870. The quantitative estimate of drug-likeness (QED) is 0.556. The molecule has 0 saturated carbocycles. The number of carbonyl (C=O) groups excluding carboxylic acids is 1. The minimum absolute atomic E-state index is 0.00870. The Labute approximate surface area is 88.6 Å². The molecule has 1 aromatic rings. The summed E-state index contributed by atoms with van der Waals surface area (Å²) >= 11 is 5.78. The third-order valence-electron chi connectivity index (χ3n) is 1.86. The summed E-state index contributed by atoms with van der Waals surface area (Å²) < 4.78 is 0. The fourth-order valence-corrected chi connectivity index (χ4v) is 1.36. The van der Waals surface area contributed by atoms with Crippen LogP contribution >= 0.6 is 11.6 Å². The first-order valence-corrected chi connectivity index (χ1v) is 4.80. The standard InChI is InChI=1S/C11H12ClNO/c1-3-13-8(2)11(14)9-5-4-6-10(12)7-9/h3-8H,1-2H3/b13-3+. The Morgan fingerprint density at radius 2 is 2.29 bits per heavy atom. The maximum Gasteiger partial charge on any atom is 0.187 e. The van der Waals surface area contributed by atoms with Gasteiger partial charge in [-0.3, -0.25) is 9.79 Å². The van der Waals surface area contributed by atoms with Gasteiger partial charge in [0.05, 0.1) is 0 Å².